The molecule has 0 bridgehead atoms. The molecule has 21 heavy (non-hydrogen) atoms. The molecule has 3 rings (SSSR count). The molecule has 1 aromatic carbocycles. The zero-order valence-electron chi connectivity index (χ0n) is 11.9. The Bertz CT molecular complexity index is 706. The van der Waals surface area contributed by atoms with Gasteiger partial charge in [-0.2, -0.15) is 5.10 Å². The Kier molecular flexibility index (Phi) is 3.29. The number of aromatic nitrogens is 2. The number of carboxylic acids is 1. The van der Waals surface area contributed by atoms with Crippen LogP contribution >= 0.6 is 0 Å². The quantitative estimate of drug-likeness (QED) is 0.917. The van der Waals surface area contributed by atoms with Gasteiger partial charge in [-0.3, -0.25) is 4.68 Å². The van der Waals surface area contributed by atoms with Crippen LogP contribution in [0.5, 0.6) is 11.5 Å². The standard InChI is InChI=1S/C15H16N2O4/c1-9-6-10(7-13-14(9)21-5-3-4-20-13)12-8-11(15(18)19)16-17(12)2/h6-8H,3-5H2,1-2H3,(H,18,19). The fraction of sp³-hybridized carbons (Fsp3) is 0.333. The Morgan fingerprint density at radius 1 is 1.29 bits per heavy atom. The SMILES string of the molecule is Cc1cc(-c2cc(C(=O)O)nn2C)cc2c1OCCCO2. The van der Waals surface area contributed by atoms with Crippen molar-refractivity contribution in [2.45, 2.75) is 13.3 Å². The maximum absolute atomic E-state index is 11.0. The molecule has 1 aromatic heterocycles. The van der Waals surface area contributed by atoms with E-state index in [1.54, 1.807) is 17.8 Å². The summed E-state index contributed by atoms with van der Waals surface area (Å²) in [5, 5.41) is 13.0. The van der Waals surface area contributed by atoms with E-state index in [1.165, 1.54) is 0 Å². The van der Waals surface area contributed by atoms with E-state index >= 15 is 0 Å². The lowest BCUT2D eigenvalue weighted by Gasteiger charge is -2.12. The molecule has 0 radical (unpaired) electrons. The van der Waals surface area contributed by atoms with Gasteiger partial charge in [-0.1, -0.05) is 0 Å². The molecule has 1 aliphatic rings. The summed E-state index contributed by atoms with van der Waals surface area (Å²) in [6.07, 6.45) is 0.846. The van der Waals surface area contributed by atoms with Gasteiger partial charge in [-0.25, -0.2) is 4.79 Å². The largest absolute Gasteiger partial charge is 0.490 e. The van der Waals surface area contributed by atoms with Crippen LogP contribution in [0.3, 0.4) is 0 Å². The van der Waals surface area contributed by atoms with Crippen molar-refractivity contribution in [3.8, 4) is 22.8 Å². The Balaban J connectivity index is 2.09. The van der Waals surface area contributed by atoms with Crippen LogP contribution in [0.4, 0.5) is 0 Å². The summed E-state index contributed by atoms with van der Waals surface area (Å²) in [6.45, 7) is 3.20. The lowest BCUT2D eigenvalue weighted by atomic mass is 10.1. The number of carboxylic acid groups (broad SMARTS) is 1. The minimum Gasteiger partial charge on any atom is -0.490 e. The van der Waals surface area contributed by atoms with E-state index in [0.29, 0.717) is 19.0 Å². The molecular weight excluding hydrogens is 272 g/mol. The smallest absolute Gasteiger partial charge is 0.356 e. The first-order valence-electron chi connectivity index (χ1n) is 6.74. The number of fused-ring (bicyclic) bond motifs is 1. The van der Waals surface area contributed by atoms with E-state index in [0.717, 1.165) is 29.0 Å². The molecule has 110 valence electrons. The molecule has 0 saturated heterocycles. The molecule has 0 saturated carbocycles. The topological polar surface area (TPSA) is 73.6 Å². The van der Waals surface area contributed by atoms with Crippen molar-refractivity contribution in [1.82, 2.24) is 9.78 Å². The number of rotatable bonds is 2. The van der Waals surface area contributed by atoms with Crippen molar-refractivity contribution in [2.24, 2.45) is 7.05 Å². The number of nitrogens with zero attached hydrogens (tertiary/aromatic N) is 2. The number of hydrogen-bond donors (Lipinski definition) is 1. The van der Waals surface area contributed by atoms with Crippen LogP contribution in [0.25, 0.3) is 11.3 Å². The number of ether oxygens (including phenoxy) is 2. The van der Waals surface area contributed by atoms with Crippen LogP contribution in [-0.4, -0.2) is 34.1 Å². The van der Waals surface area contributed by atoms with Crippen LogP contribution in [0.15, 0.2) is 18.2 Å². The first-order chi connectivity index (χ1) is 10.1. The number of benzene rings is 1. The number of aryl methyl sites for hydroxylation is 2. The summed E-state index contributed by atoms with van der Waals surface area (Å²) >= 11 is 0. The highest BCUT2D eigenvalue weighted by atomic mass is 16.5. The minimum atomic E-state index is -1.04. The van der Waals surface area contributed by atoms with E-state index in [1.807, 2.05) is 19.1 Å². The van der Waals surface area contributed by atoms with Crippen LogP contribution in [0, 0.1) is 6.92 Å². The predicted molar refractivity (Wildman–Crippen MR) is 75.9 cm³/mol. The average molecular weight is 288 g/mol. The second kappa shape index (κ2) is 5.12. The second-order valence-electron chi connectivity index (χ2n) is 5.01. The maximum atomic E-state index is 11.0. The third-order valence-electron chi connectivity index (χ3n) is 3.43. The van der Waals surface area contributed by atoms with Gasteiger partial charge in [-0.05, 0) is 30.7 Å². The third-order valence-corrected chi connectivity index (χ3v) is 3.43. The predicted octanol–water partition coefficient (Wildman–Crippen LogP) is 2.26. The average Bonchev–Trinajstić information content (AvgIpc) is 2.68. The molecule has 2 aromatic rings. The molecule has 1 aliphatic heterocycles. The molecule has 0 unspecified atom stereocenters. The molecule has 0 aliphatic carbocycles. The monoisotopic (exact) mass is 288 g/mol. The highest BCUT2D eigenvalue weighted by molar-refractivity contribution is 5.87. The van der Waals surface area contributed by atoms with Crippen LogP contribution in [0.1, 0.15) is 22.5 Å². The lowest BCUT2D eigenvalue weighted by Crippen LogP contribution is -1.99. The Morgan fingerprint density at radius 2 is 2.05 bits per heavy atom. The van der Waals surface area contributed by atoms with Gasteiger partial charge in [0.1, 0.15) is 0 Å². The Hall–Kier alpha value is -2.50. The summed E-state index contributed by atoms with van der Waals surface area (Å²) in [5.41, 5.74) is 2.57. The summed E-state index contributed by atoms with van der Waals surface area (Å²) < 4.78 is 13.0. The number of carbonyl (C=O) groups is 1. The van der Waals surface area contributed by atoms with Gasteiger partial charge in [0.2, 0.25) is 0 Å². The third kappa shape index (κ3) is 2.44. The van der Waals surface area contributed by atoms with Gasteiger partial charge in [0.15, 0.2) is 17.2 Å². The van der Waals surface area contributed by atoms with Gasteiger partial charge >= 0.3 is 5.97 Å². The van der Waals surface area contributed by atoms with Gasteiger partial charge < -0.3 is 14.6 Å². The van der Waals surface area contributed by atoms with Gasteiger partial charge in [-0.15, -0.1) is 0 Å². The van der Waals surface area contributed by atoms with Crippen molar-refractivity contribution in [3.05, 3.63) is 29.5 Å². The summed E-state index contributed by atoms with van der Waals surface area (Å²) in [7, 11) is 1.72. The summed E-state index contributed by atoms with van der Waals surface area (Å²) in [6, 6.07) is 5.38. The molecule has 0 amide bonds. The van der Waals surface area contributed by atoms with Crippen molar-refractivity contribution >= 4 is 5.97 Å². The van der Waals surface area contributed by atoms with Gasteiger partial charge in [0, 0.05) is 19.0 Å². The highest BCUT2D eigenvalue weighted by Gasteiger charge is 2.18. The van der Waals surface area contributed by atoms with Crippen molar-refractivity contribution in [1.29, 1.82) is 0 Å². The van der Waals surface area contributed by atoms with E-state index in [-0.39, 0.29) is 5.69 Å². The van der Waals surface area contributed by atoms with Gasteiger partial charge in [0.25, 0.3) is 0 Å². The fourth-order valence-corrected chi connectivity index (χ4v) is 2.44. The summed E-state index contributed by atoms with van der Waals surface area (Å²) in [5.74, 6) is 0.417. The number of hydrogen-bond acceptors (Lipinski definition) is 4. The molecule has 6 heteroatoms. The molecule has 0 atom stereocenters. The van der Waals surface area contributed by atoms with E-state index in [9.17, 15) is 4.79 Å². The van der Waals surface area contributed by atoms with Crippen molar-refractivity contribution in [3.63, 3.8) is 0 Å². The zero-order chi connectivity index (χ0) is 15.0. The van der Waals surface area contributed by atoms with E-state index < -0.39 is 5.97 Å². The van der Waals surface area contributed by atoms with Crippen LogP contribution < -0.4 is 9.47 Å². The first-order valence-corrected chi connectivity index (χ1v) is 6.74. The van der Waals surface area contributed by atoms with E-state index in [4.69, 9.17) is 14.6 Å². The number of aromatic carboxylic acids is 1. The Morgan fingerprint density at radius 3 is 2.76 bits per heavy atom. The highest BCUT2D eigenvalue weighted by Crippen LogP contribution is 2.37. The fourth-order valence-electron chi connectivity index (χ4n) is 2.44. The van der Waals surface area contributed by atoms with Crippen molar-refractivity contribution in [2.75, 3.05) is 13.2 Å². The molecule has 0 spiro atoms. The normalized spacial score (nSPS) is 13.8. The summed E-state index contributed by atoms with van der Waals surface area (Å²) in [4.78, 5) is 11.0. The minimum absolute atomic E-state index is 0.0252. The van der Waals surface area contributed by atoms with Gasteiger partial charge in [0.05, 0.1) is 18.9 Å². The van der Waals surface area contributed by atoms with Crippen LogP contribution in [0.2, 0.25) is 0 Å². The van der Waals surface area contributed by atoms with Crippen LogP contribution in [-0.2, 0) is 7.05 Å². The lowest BCUT2D eigenvalue weighted by molar-refractivity contribution is 0.0689. The van der Waals surface area contributed by atoms with E-state index in [2.05, 4.69) is 5.10 Å². The molecular formula is C15H16N2O4. The van der Waals surface area contributed by atoms with Crippen molar-refractivity contribution < 1.29 is 19.4 Å². The molecule has 0 fully saturated rings. The first kappa shape index (κ1) is 13.5. The Labute approximate surface area is 121 Å². The molecule has 2 heterocycles. The zero-order valence-corrected chi connectivity index (χ0v) is 11.9. The molecule has 1 N–H and O–H groups in total. The maximum Gasteiger partial charge on any atom is 0.356 e. The second-order valence-corrected chi connectivity index (χ2v) is 5.01. The molecule has 6 nitrogen and oxygen atoms in total.